The molecule has 5 heteroatoms. The molecule has 2 N–H and O–H groups in total. The van der Waals surface area contributed by atoms with Crippen LogP contribution in [-0.4, -0.2) is 32.0 Å². The molecule has 5 nitrogen and oxygen atoms in total. The summed E-state index contributed by atoms with van der Waals surface area (Å²) in [7, 11) is 0. The van der Waals surface area contributed by atoms with Gasteiger partial charge < -0.3 is 10.4 Å². The van der Waals surface area contributed by atoms with Crippen molar-refractivity contribution in [3.63, 3.8) is 0 Å². The van der Waals surface area contributed by atoms with Crippen molar-refractivity contribution in [2.24, 2.45) is 0 Å². The van der Waals surface area contributed by atoms with Gasteiger partial charge in [0.1, 0.15) is 12.7 Å². The molecule has 0 aliphatic carbocycles. The molecular weight excluding hydrogens is 264 g/mol. The molecule has 1 aromatic carbocycles. The van der Waals surface area contributed by atoms with E-state index < -0.39 is 0 Å². The number of rotatable bonds is 7. The first-order valence-electron chi connectivity index (χ1n) is 7.38. The van der Waals surface area contributed by atoms with Crippen LogP contribution < -0.4 is 5.32 Å². The van der Waals surface area contributed by atoms with E-state index in [1.54, 1.807) is 11.0 Å². The Bertz CT molecular complexity index is 568. The third-order valence-electron chi connectivity index (χ3n) is 3.80. The summed E-state index contributed by atoms with van der Waals surface area (Å²) in [5.74, 6) is 0. The molecule has 0 spiro atoms. The zero-order valence-corrected chi connectivity index (χ0v) is 13.0. The van der Waals surface area contributed by atoms with Crippen molar-refractivity contribution < 1.29 is 5.11 Å². The Kier molecular flexibility index (Phi) is 5.09. The lowest BCUT2D eigenvalue weighted by Gasteiger charge is -2.28. The van der Waals surface area contributed by atoms with Crippen molar-refractivity contribution in [3.8, 4) is 5.69 Å². The number of benzene rings is 1. The SMILES string of the molecule is CCC[C@](C)(CO)NCc1ccc(-n2cncn2)c(C)c1. The molecule has 0 saturated heterocycles. The monoisotopic (exact) mass is 288 g/mol. The second-order valence-corrected chi connectivity index (χ2v) is 5.78. The smallest absolute Gasteiger partial charge is 0.138 e. The molecule has 1 heterocycles. The quantitative estimate of drug-likeness (QED) is 0.820. The maximum absolute atomic E-state index is 9.54. The van der Waals surface area contributed by atoms with Gasteiger partial charge in [-0.05, 0) is 37.5 Å². The van der Waals surface area contributed by atoms with Crippen LogP contribution in [-0.2, 0) is 6.54 Å². The van der Waals surface area contributed by atoms with Crippen molar-refractivity contribution in [1.82, 2.24) is 20.1 Å². The maximum atomic E-state index is 9.54. The largest absolute Gasteiger partial charge is 0.394 e. The van der Waals surface area contributed by atoms with Gasteiger partial charge in [-0.3, -0.25) is 0 Å². The normalized spacial score (nSPS) is 14.1. The highest BCUT2D eigenvalue weighted by Crippen LogP contribution is 2.17. The molecule has 0 radical (unpaired) electrons. The zero-order chi connectivity index (χ0) is 15.3. The Morgan fingerprint density at radius 2 is 2.19 bits per heavy atom. The highest BCUT2D eigenvalue weighted by Gasteiger charge is 2.21. The van der Waals surface area contributed by atoms with Crippen molar-refractivity contribution in [3.05, 3.63) is 42.0 Å². The lowest BCUT2D eigenvalue weighted by molar-refractivity contribution is 0.163. The summed E-state index contributed by atoms with van der Waals surface area (Å²) in [6.45, 7) is 7.16. The minimum absolute atomic E-state index is 0.150. The van der Waals surface area contributed by atoms with E-state index >= 15 is 0 Å². The van der Waals surface area contributed by atoms with E-state index in [0.29, 0.717) is 0 Å². The number of nitrogens with zero attached hydrogens (tertiary/aromatic N) is 3. The van der Waals surface area contributed by atoms with Gasteiger partial charge in [-0.2, -0.15) is 5.10 Å². The maximum Gasteiger partial charge on any atom is 0.138 e. The van der Waals surface area contributed by atoms with E-state index in [4.69, 9.17) is 0 Å². The molecule has 1 atom stereocenters. The van der Waals surface area contributed by atoms with E-state index in [1.165, 1.54) is 11.9 Å². The number of aliphatic hydroxyl groups is 1. The Morgan fingerprint density at radius 1 is 1.38 bits per heavy atom. The Hall–Kier alpha value is -1.72. The third-order valence-corrected chi connectivity index (χ3v) is 3.80. The highest BCUT2D eigenvalue weighted by molar-refractivity contribution is 5.41. The molecule has 0 amide bonds. The predicted octanol–water partition coefficient (Wildman–Crippen LogP) is 2.22. The van der Waals surface area contributed by atoms with Gasteiger partial charge in [0.05, 0.1) is 12.3 Å². The number of hydrogen-bond donors (Lipinski definition) is 2. The Labute approximate surface area is 126 Å². The molecule has 114 valence electrons. The fourth-order valence-corrected chi connectivity index (χ4v) is 2.51. The van der Waals surface area contributed by atoms with Gasteiger partial charge in [-0.15, -0.1) is 0 Å². The van der Waals surface area contributed by atoms with Gasteiger partial charge in [0.25, 0.3) is 0 Å². The fourth-order valence-electron chi connectivity index (χ4n) is 2.51. The molecule has 0 bridgehead atoms. The van der Waals surface area contributed by atoms with Crippen LogP contribution in [0, 0.1) is 6.92 Å². The minimum Gasteiger partial charge on any atom is -0.394 e. The first kappa shape index (κ1) is 15.7. The van der Waals surface area contributed by atoms with Crippen LogP contribution in [0.4, 0.5) is 0 Å². The highest BCUT2D eigenvalue weighted by atomic mass is 16.3. The summed E-state index contributed by atoms with van der Waals surface area (Å²) in [6, 6.07) is 6.28. The average Bonchev–Trinajstić information content (AvgIpc) is 2.99. The number of aliphatic hydroxyl groups excluding tert-OH is 1. The second-order valence-electron chi connectivity index (χ2n) is 5.78. The zero-order valence-electron chi connectivity index (χ0n) is 13.0. The van der Waals surface area contributed by atoms with Gasteiger partial charge >= 0.3 is 0 Å². The molecule has 0 aliphatic rings. The van der Waals surface area contributed by atoms with Gasteiger partial charge in [0.2, 0.25) is 0 Å². The molecule has 0 unspecified atom stereocenters. The molecule has 1 aromatic heterocycles. The van der Waals surface area contributed by atoms with Crippen LogP contribution in [0.1, 0.15) is 37.8 Å². The topological polar surface area (TPSA) is 63.0 Å². The van der Waals surface area contributed by atoms with E-state index in [2.05, 4.69) is 54.4 Å². The van der Waals surface area contributed by atoms with E-state index in [0.717, 1.165) is 30.6 Å². The van der Waals surface area contributed by atoms with Crippen LogP contribution in [0.3, 0.4) is 0 Å². The van der Waals surface area contributed by atoms with Gasteiger partial charge in [-0.1, -0.05) is 25.5 Å². The lowest BCUT2D eigenvalue weighted by Crippen LogP contribution is -2.45. The van der Waals surface area contributed by atoms with E-state index in [9.17, 15) is 5.11 Å². The fraction of sp³-hybridized carbons (Fsp3) is 0.500. The summed E-state index contributed by atoms with van der Waals surface area (Å²) in [6.07, 6.45) is 5.24. The van der Waals surface area contributed by atoms with Gasteiger partial charge in [-0.25, -0.2) is 9.67 Å². The minimum atomic E-state index is -0.215. The molecule has 21 heavy (non-hydrogen) atoms. The predicted molar refractivity (Wildman–Crippen MR) is 83.3 cm³/mol. The number of nitrogens with one attached hydrogen (secondary N) is 1. The van der Waals surface area contributed by atoms with E-state index in [1.807, 2.05) is 0 Å². The van der Waals surface area contributed by atoms with Crippen molar-refractivity contribution in [1.29, 1.82) is 0 Å². The Balaban J connectivity index is 2.07. The number of aryl methyl sites for hydroxylation is 1. The average molecular weight is 288 g/mol. The standard InChI is InChI=1S/C16H24N4O/c1-4-7-16(3,10-21)18-9-14-5-6-15(13(2)8-14)20-12-17-11-19-20/h5-6,8,11-12,18,21H,4,7,9-10H2,1-3H3/t16-/m1/s1. The van der Waals surface area contributed by atoms with Crippen LogP contribution in [0.25, 0.3) is 5.69 Å². The molecule has 0 aliphatic heterocycles. The summed E-state index contributed by atoms with van der Waals surface area (Å²) in [4.78, 5) is 3.97. The molecule has 0 fully saturated rings. The van der Waals surface area contributed by atoms with Gasteiger partial charge in [0.15, 0.2) is 0 Å². The van der Waals surface area contributed by atoms with Crippen LogP contribution >= 0.6 is 0 Å². The Morgan fingerprint density at radius 3 is 2.76 bits per heavy atom. The van der Waals surface area contributed by atoms with Crippen molar-refractivity contribution >= 4 is 0 Å². The van der Waals surface area contributed by atoms with Crippen LogP contribution in [0.5, 0.6) is 0 Å². The first-order valence-corrected chi connectivity index (χ1v) is 7.38. The lowest BCUT2D eigenvalue weighted by atomic mass is 9.96. The summed E-state index contributed by atoms with van der Waals surface area (Å²) in [5.41, 5.74) is 3.18. The molecular formula is C16H24N4O. The van der Waals surface area contributed by atoms with Crippen LogP contribution in [0.15, 0.2) is 30.9 Å². The first-order chi connectivity index (χ1) is 10.1. The van der Waals surface area contributed by atoms with Crippen molar-refractivity contribution in [2.75, 3.05) is 6.61 Å². The number of aromatic nitrogens is 3. The van der Waals surface area contributed by atoms with E-state index in [-0.39, 0.29) is 12.1 Å². The number of hydrogen-bond acceptors (Lipinski definition) is 4. The second kappa shape index (κ2) is 6.83. The summed E-state index contributed by atoms with van der Waals surface area (Å²) < 4.78 is 1.77. The summed E-state index contributed by atoms with van der Waals surface area (Å²) >= 11 is 0. The molecule has 2 aromatic rings. The molecule has 2 rings (SSSR count). The third kappa shape index (κ3) is 3.89. The van der Waals surface area contributed by atoms with Crippen LogP contribution in [0.2, 0.25) is 0 Å². The molecule has 0 saturated carbocycles. The van der Waals surface area contributed by atoms with Gasteiger partial charge in [0, 0.05) is 12.1 Å². The van der Waals surface area contributed by atoms with Crippen molar-refractivity contribution in [2.45, 2.75) is 45.7 Å². The summed E-state index contributed by atoms with van der Waals surface area (Å²) in [5, 5.41) is 17.2.